The molecule has 0 spiro atoms. The van der Waals surface area contributed by atoms with Crippen molar-refractivity contribution < 1.29 is 23.7 Å². The first-order valence-corrected chi connectivity index (χ1v) is 9.79. The first-order chi connectivity index (χ1) is 14.5. The van der Waals surface area contributed by atoms with Crippen molar-refractivity contribution in [3.63, 3.8) is 0 Å². The molecule has 0 aliphatic carbocycles. The summed E-state index contributed by atoms with van der Waals surface area (Å²) in [5.74, 6) is 1.84. The van der Waals surface area contributed by atoms with Gasteiger partial charge in [0.1, 0.15) is 11.6 Å². The van der Waals surface area contributed by atoms with Crippen molar-refractivity contribution in [3.8, 4) is 29.1 Å². The van der Waals surface area contributed by atoms with Crippen molar-refractivity contribution in [2.45, 2.75) is 6.42 Å². The highest BCUT2D eigenvalue weighted by Crippen LogP contribution is 2.34. The number of nitrogens with one attached hydrogen (secondary N) is 1. The zero-order chi connectivity index (χ0) is 22.1. The molecule has 8 heteroatoms. The molecule has 0 saturated heterocycles. The Hall–Kier alpha value is -3.18. The average Bonchev–Trinajstić information content (AvgIpc) is 2.77. The Kier molecular flexibility index (Phi) is 8.56. The van der Waals surface area contributed by atoms with Crippen LogP contribution in [0.15, 0.2) is 40.4 Å². The van der Waals surface area contributed by atoms with Gasteiger partial charge in [-0.25, -0.2) is 0 Å². The van der Waals surface area contributed by atoms with Crippen molar-refractivity contribution in [3.05, 3.63) is 51.5 Å². The Morgan fingerprint density at radius 3 is 2.20 bits per heavy atom. The van der Waals surface area contributed by atoms with Gasteiger partial charge in [-0.1, -0.05) is 22.0 Å². The lowest BCUT2D eigenvalue weighted by atomic mass is 10.1. The second kappa shape index (κ2) is 11.1. The average molecular weight is 475 g/mol. The number of rotatable bonds is 9. The van der Waals surface area contributed by atoms with Crippen molar-refractivity contribution in [2.24, 2.45) is 0 Å². The predicted octanol–water partition coefficient (Wildman–Crippen LogP) is 3.75. The van der Waals surface area contributed by atoms with Gasteiger partial charge in [0.25, 0.3) is 5.91 Å². The monoisotopic (exact) mass is 474 g/mol. The van der Waals surface area contributed by atoms with Crippen LogP contribution in [0.1, 0.15) is 11.1 Å². The van der Waals surface area contributed by atoms with Gasteiger partial charge in [-0.3, -0.25) is 4.79 Å². The fraction of sp³-hybridized carbons (Fsp3) is 0.273. The summed E-state index contributed by atoms with van der Waals surface area (Å²) in [6.07, 6.45) is 2.07. The predicted molar refractivity (Wildman–Crippen MR) is 117 cm³/mol. The lowest BCUT2D eigenvalue weighted by Gasteiger charge is -2.11. The van der Waals surface area contributed by atoms with E-state index < -0.39 is 5.91 Å². The molecular formula is C22H23BrN2O5. The second-order valence-electron chi connectivity index (χ2n) is 6.09. The number of hydrogen-bond donors (Lipinski definition) is 1. The molecule has 0 aliphatic heterocycles. The Morgan fingerprint density at radius 2 is 1.60 bits per heavy atom. The van der Waals surface area contributed by atoms with Crippen LogP contribution in [0.3, 0.4) is 0 Å². The smallest absolute Gasteiger partial charge is 0.261 e. The quantitative estimate of drug-likeness (QED) is 0.439. The van der Waals surface area contributed by atoms with Crippen molar-refractivity contribution >= 4 is 27.9 Å². The largest absolute Gasteiger partial charge is 0.493 e. The number of methoxy groups -OCH3 is 4. The summed E-state index contributed by atoms with van der Waals surface area (Å²) >= 11 is 3.42. The third kappa shape index (κ3) is 5.67. The number of nitriles is 1. The maximum absolute atomic E-state index is 12.5. The first-order valence-electron chi connectivity index (χ1n) is 8.99. The first kappa shape index (κ1) is 23.1. The Morgan fingerprint density at radius 1 is 1.00 bits per heavy atom. The number of nitrogens with zero attached hydrogens (tertiary/aromatic N) is 1. The standard InChI is InChI=1S/C22H23BrN2O5/c1-27-18-6-5-14(9-19(18)28-2)7-8-25-22(26)16(13-24)10-15-11-20(29-3)21(30-4)12-17(15)23/h5-6,9-12H,7-8H2,1-4H3,(H,25,26)/b16-10+. The van der Waals surface area contributed by atoms with E-state index in [9.17, 15) is 10.1 Å². The van der Waals surface area contributed by atoms with Gasteiger partial charge in [-0.2, -0.15) is 5.26 Å². The highest BCUT2D eigenvalue weighted by molar-refractivity contribution is 9.10. The minimum absolute atomic E-state index is 0.0183. The van der Waals surface area contributed by atoms with Gasteiger partial charge in [0.15, 0.2) is 23.0 Å². The van der Waals surface area contributed by atoms with E-state index in [0.717, 1.165) is 5.56 Å². The van der Waals surface area contributed by atoms with Crippen LogP contribution < -0.4 is 24.3 Å². The number of carbonyl (C=O) groups is 1. The lowest BCUT2D eigenvalue weighted by Crippen LogP contribution is -2.26. The molecule has 0 heterocycles. The molecule has 2 rings (SSSR count). The molecule has 2 aromatic rings. The number of hydrogen-bond acceptors (Lipinski definition) is 6. The van der Waals surface area contributed by atoms with Crippen LogP contribution in [0.25, 0.3) is 6.08 Å². The van der Waals surface area contributed by atoms with E-state index in [1.165, 1.54) is 20.3 Å². The summed E-state index contributed by atoms with van der Waals surface area (Å²) in [6.45, 7) is 0.362. The van der Waals surface area contributed by atoms with Gasteiger partial charge in [0, 0.05) is 11.0 Å². The van der Waals surface area contributed by atoms with Crippen LogP contribution in [0.4, 0.5) is 0 Å². The van der Waals surface area contributed by atoms with Gasteiger partial charge in [0.05, 0.1) is 28.4 Å². The molecule has 0 atom stereocenters. The number of carbonyl (C=O) groups excluding carboxylic acids is 1. The fourth-order valence-electron chi connectivity index (χ4n) is 2.74. The normalized spacial score (nSPS) is 10.7. The SMILES string of the molecule is COc1ccc(CCNC(=O)/C(C#N)=C/c2cc(OC)c(OC)cc2Br)cc1OC. The number of benzene rings is 2. The lowest BCUT2D eigenvalue weighted by molar-refractivity contribution is -0.117. The molecule has 0 bridgehead atoms. The van der Waals surface area contributed by atoms with Gasteiger partial charge in [-0.05, 0) is 47.9 Å². The van der Waals surface area contributed by atoms with Gasteiger partial charge >= 0.3 is 0 Å². The fourth-order valence-corrected chi connectivity index (χ4v) is 3.17. The van der Waals surface area contributed by atoms with Crippen LogP contribution in [0.2, 0.25) is 0 Å². The Bertz CT molecular complexity index is 982. The van der Waals surface area contributed by atoms with E-state index in [1.807, 2.05) is 24.3 Å². The molecule has 0 saturated carbocycles. The molecule has 0 aromatic heterocycles. The van der Waals surface area contributed by atoms with Crippen LogP contribution in [0.5, 0.6) is 23.0 Å². The van der Waals surface area contributed by atoms with E-state index in [4.69, 9.17) is 18.9 Å². The van der Waals surface area contributed by atoms with Gasteiger partial charge < -0.3 is 24.3 Å². The second-order valence-corrected chi connectivity index (χ2v) is 6.95. The van der Waals surface area contributed by atoms with E-state index in [-0.39, 0.29) is 5.57 Å². The van der Waals surface area contributed by atoms with E-state index in [1.54, 1.807) is 26.4 Å². The summed E-state index contributed by atoms with van der Waals surface area (Å²) in [6, 6.07) is 10.9. The third-order valence-electron chi connectivity index (χ3n) is 4.31. The molecule has 2 aromatic carbocycles. The van der Waals surface area contributed by atoms with E-state index in [2.05, 4.69) is 21.2 Å². The number of halogens is 1. The van der Waals surface area contributed by atoms with Crippen molar-refractivity contribution in [1.29, 1.82) is 5.26 Å². The maximum Gasteiger partial charge on any atom is 0.261 e. The zero-order valence-electron chi connectivity index (χ0n) is 17.2. The summed E-state index contributed by atoms with van der Waals surface area (Å²) in [7, 11) is 6.20. The maximum atomic E-state index is 12.5. The number of ether oxygens (including phenoxy) is 4. The van der Waals surface area contributed by atoms with Crippen molar-refractivity contribution in [1.82, 2.24) is 5.32 Å². The minimum atomic E-state index is -0.459. The zero-order valence-corrected chi connectivity index (χ0v) is 18.8. The van der Waals surface area contributed by atoms with E-state index in [0.29, 0.717) is 46.0 Å². The Labute approximate surface area is 184 Å². The molecule has 1 N–H and O–H groups in total. The summed E-state index contributed by atoms with van der Waals surface area (Å²) in [4.78, 5) is 12.5. The molecule has 158 valence electrons. The molecule has 7 nitrogen and oxygen atoms in total. The third-order valence-corrected chi connectivity index (χ3v) is 5.00. The summed E-state index contributed by atoms with van der Waals surface area (Å²) in [5, 5.41) is 12.2. The highest BCUT2D eigenvalue weighted by Gasteiger charge is 2.13. The molecule has 30 heavy (non-hydrogen) atoms. The van der Waals surface area contributed by atoms with Crippen LogP contribution in [-0.2, 0) is 11.2 Å². The summed E-state index contributed by atoms with van der Waals surface area (Å²) < 4.78 is 21.7. The van der Waals surface area contributed by atoms with Crippen LogP contribution >= 0.6 is 15.9 Å². The highest BCUT2D eigenvalue weighted by atomic mass is 79.9. The molecule has 0 fully saturated rings. The van der Waals surface area contributed by atoms with Crippen molar-refractivity contribution in [2.75, 3.05) is 35.0 Å². The topological polar surface area (TPSA) is 89.8 Å². The molecule has 0 unspecified atom stereocenters. The molecular weight excluding hydrogens is 452 g/mol. The Balaban J connectivity index is 2.09. The molecule has 0 radical (unpaired) electrons. The van der Waals surface area contributed by atoms with E-state index >= 15 is 0 Å². The molecule has 0 aliphatic rings. The summed E-state index contributed by atoms with van der Waals surface area (Å²) in [5.41, 5.74) is 1.58. The number of amides is 1. The minimum Gasteiger partial charge on any atom is -0.493 e. The van der Waals surface area contributed by atoms with Crippen LogP contribution in [0, 0.1) is 11.3 Å². The van der Waals surface area contributed by atoms with Gasteiger partial charge in [0.2, 0.25) is 0 Å². The molecule has 1 amide bonds. The van der Waals surface area contributed by atoms with Gasteiger partial charge in [-0.15, -0.1) is 0 Å². The van der Waals surface area contributed by atoms with Crippen LogP contribution in [-0.4, -0.2) is 40.9 Å².